The molecule has 2 aromatic rings. The van der Waals surface area contributed by atoms with Gasteiger partial charge in [-0.25, -0.2) is 0 Å². The van der Waals surface area contributed by atoms with Gasteiger partial charge in [-0.2, -0.15) is 0 Å². The Morgan fingerprint density at radius 2 is 1.56 bits per heavy atom. The molecule has 4 heteroatoms. The first-order chi connectivity index (χ1) is 13.2. The van der Waals surface area contributed by atoms with Gasteiger partial charge in [-0.1, -0.05) is 24.3 Å². The van der Waals surface area contributed by atoms with E-state index in [1.165, 1.54) is 17.5 Å². The first-order valence-corrected chi connectivity index (χ1v) is 10.1. The predicted octanol–water partition coefficient (Wildman–Crippen LogP) is 3.10. The third kappa shape index (κ3) is 3.12. The lowest BCUT2D eigenvalue weighted by molar-refractivity contribution is 0.0581. The van der Waals surface area contributed by atoms with Gasteiger partial charge in [0.2, 0.25) is 0 Å². The molecule has 0 spiro atoms. The largest absolute Gasteiger partial charge is 0.508 e. The number of rotatable bonds is 2. The zero-order valence-corrected chi connectivity index (χ0v) is 15.6. The Morgan fingerprint density at radius 1 is 0.852 bits per heavy atom. The van der Waals surface area contributed by atoms with Crippen molar-refractivity contribution < 1.29 is 9.90 Å². The molecule has 3 aliphatic heterocycles. The van der Waals surface area contributed by atoms with Crippen molar-refractivity contribution >= 4 is 5.91 Å². The third-order valence-electron chi connectivity index (χ3n) is 6.66. The number of nitrogens with zero attached hydrogens (tertiary/aromatic N) is 2. The molecular weight excluding hydrogens is 336 g/mol. The fourth-order valence-corrected chi connectivity index (χ4v) is 5.23. The summed E-state index contributed by atoms with van der Waals surface area (Å²) in [5.41, 5.74) is 3.67. The molecule has 0 radical (unpaired) electrons. The Kier molecular flexibility index (Phi) is 4.16. The molecule has 0 unspecified atom stereocenters. The summed E-state index contributed by atoms with van der Waals surface area (Å²) < 4.78 is 0. The number of amides is 1. The van der Waals surface area contributed by atoms with Crippen LogP contribution in [0, 0.1) is 5.92 Å². The molecule has 4 aliphatic rings. The van der Waals surface area contributed by atoms with Crippen LogP contribution in [-0.4, -0.2) is 52.5 Å². The molecule has 1 aliphatic carbocycles. The van der Waals surface area contributed by atoms with E-state index in [1.54, 1.807) is 24.3 Å². The van der Waals surface area contributed by atoms with Gasteiger partial charge < -0.3 is 10.0 Å². The monoisotopic (exact) mass is 362 g/mol. The Hall–Kier alpha value is -2.33. The summed E-state index contributed by atoms with van der Waals surface area (Å²) in [6.07, 6.45) is 4.61. The number of carbonyl (C=O) groups is 1. The summed E-state index contributed by atoms with van der Waals surface area (Å²) in [5.74, 6) is 0.880. The maximum Gasteiger partial charge on any atom is 0.254 e. The molecule has 2 bridgehead atoms. The van der Waals surface area contributed by atoms with Crippen molar-refractivity contribution in [2.75, 3.05) is 19.6 Å². The summed E-state index contributed by atoms with van der Waals surface area (Å²) in [4.78, 5) is 17.8. The molecule has 1 N–H and O–H groups in total. The highest BCUT2D eigenvalue weighted by atomic mass is 16.3. The van der Waals surface area contributed by atoms with E-state index in [0.717, 1.165) is 38.9 Å². The van der Waals surface area contributed by atoms with E-state index in [0.29, 0.717) is 23.6 Å². The SMILES string of the molecule is O=C(c1ccc(O)cc1)N1C[C@H]2CC[C@@H]1CN(C1Cc3ccccc3C1)C2. The number of carbonyl (C=O) groups excluding carboxylic acids is 1. The van der Waals surface area contributed by atoms with Crippen molar-refractivity contribution in [2.45, 2.75) is 37.8 Å². The zero-order valence-electron chi connectivity index (χ0n) is 15.6. The normalized spacial score (nSPS) is 25.4. The number of phenolic OH excluding ortho intramolecular Hbond substituents is 1. The van der Waals surface area contributed by atoms with Gasteiger partial charge in [-0.05, 0) is 67.0 Å². The maximum atomic E-state index is 13.1. The molecule has 4 nitrogen and oxygen atoms in total. The van der Waals surface area contributed by atoms with E-state index in [9.17, 15) is 9.90 Å². The lowest BCUT2D eigenvalue weighted by Gasteiger charge is -2.36. The maximum absolute atomic E-state index is 13.1. The second-order valence-electron chi connectivity index (χ2n) is 8.39. The lowest BCUT2D eigenvalue weighted by Crippen LogP contribution is -2.48. The van der Waals surface area contributed by atoms with E-state index in [-0.39, 0.29) is 11.7 Å². The number of hydrogen-bond donors (Lipinski definition) is 1. The minimum atomic E-state index is 0.112. The van der Waals surface area contributed by atoms with Gasteiger partial charge in [0.05, 0.1) is 0 Å². The minimum absolute atomic E-state index is 0.112. The number of fused-ring (bicyclic) bond motifs is 5. The summed E-state index contributed by atoms with van der Waals surface area (Å²) >= 11 is 0. The third-order valence-corrected chi connectivity index (χ3v) is 6.66. The molecule has 0 aromatic heterocycles. The van der Waals surface area contributed by atoms with Crippen molar-refractivity contribution in [3.63, 3.8) is 0 Å². The average molecular weight is 362 g/mol. The summed E-state index contributed by atoms with van der Waals surface area (Å²) in [7, 11) is 0. The van der Waals surface area contributed by atoms with Gasteiger partial charge in [0.15, 0.2) is 0 Å². The number of aromatic hydroxyl groups is 1. The first kappa shape index (κ1) is 16.8. The van der Waals surface area contributed by atoms with Gasteiger partial charge >= 0.3 is 0 Å². The minimum Gasteiger partial charge on any atom is -0.508 e. The molecular formula is C23H26N2O2. The quantitative estimate of drug-likeness (QED) is 0.893. The highest BCUT2D eigenvalue weighted by Crippen LogP contribution is 2.33. The molecule has 2 aromatic carbocycles. The highest BCUT2D eigenvalue weighted by molar-refractivity contribution is 5.94. The molecule has 3 fully saturated rings. The molecule has 6 rings (SSSR count). The van der Waals surface area contributed by atoms with Crippen LogP contribution in [0.4, 0.5) is 0 Å². The molecule has 2 atom stereocenters. The lowest BCUT2D eigenvalue weighted by atomic mass is 9.94. The average Bonchev–Trinajstić information content (AvgIpc) is 2.91. The van der Waals surface area contributed by atoms with Crippen LogP contribution in [0.25, 0.3) is 0 Å². The van der Waals surface area contributed by atoms with Crippen molar-refractivity contribution in [3.8, 4) is 5.75 Å². The van der Waals surface area contributed by atoms with Crippen LogP contribution in [0.15, 0.2) is 48.5 Å². The van der Waals surface area contributed by atoms with E-state index in [1.807, 2.05) is 0 Å². The molecule has 1 amide bonds. The Morgan fingerprint density at radius 3 is 2.26 bits per heavy atom. The second kappa shape index (κ2) is 6.68. The van der Waals surface area contributed by atoms with Crippen LogP contribution in [0.1, 0.15) is 34.3 Å². The number of hydrogen-bond acceptors (Lipinski definition) is 3. The van der Waals surface area contributed by atoms with Gasteiger partial charge in [0.1, 0.15) is 5.75 Å². The van der Waals surface area contributed by atoms with Crippen molar-refractivity contribution in [2.24, 2.45) is 5.92 Å². The van der Waals surface area contributed by atoms with E-state index >= 15 is 0 Å². The smallest absolute Gasteiger partial charge is 0.254 e. The van der Waals surface area contributed by atoms with Crippen LogP contribution in [0.2, 0.25) is 0 Å². The highest BCUT2D eigenvalue weighted by Gasteiger charge is 2.40. The van der Waals surface area contributed by atoms with E-state index < -0.39 is 0 Å². The van der Waals surface area contributed by atoms with E-state index in [2.05, 4.69) is 34.1 Å². The number of phenols is 1. The molecule has 3 saturated heterocycles. The van der Waals surface area contributed by atoms with Crippen LogP contribution in [0.3, 0.4) is 0 Å². The number of benzene rings is 2. The van der Waals surface area contributed by atoms with Crippen LogP contribution in [0.5, 0.6) is 5.75 Å². The van der Waals surface area contributed by atoms with Crippen molar-refractivity contribution in [1.29, 1.82) is 0 Å². The molecule has 27 heavy (non-hydrogen) atoms. The summed E-state index contributed by atoms with van der Waals surface area (Å²) in [6, 6.07) is 16.4. The van der Waals surface area contributed by atoms with Gasteiger partial charge in [0.25, 0.3) is 5.91 Å². The van der Waals surface area contributed by atoms with Crippen LogP contribution in [-0.2, 0) is 12.8 Å². The fourth-order valence-electron chi connectivity index (χ4n) is 5.23. The van der Waals surface area contributed by atoms with Gasteiger partial charge in [-0.15, -0.1) is 0 Å². The molecule has 0 saturated carbocycles. The Labute approximate surface area is 160 Å². The Bertz CT molecular complexity index is 823. The number of piperidine rings is 1. The van der Waals surface area contributed by atoms with Crippen LogP contribution >= 0.6 is 0 Å². The van der Waals surface area contributed by atoms with Crippen molar-refractivity contribution in [3.05, 3.63) is 65.2 Å². The molecule has 3 heterocycles. The standard InChI is InChI=1S/C23H26N2O2/c26-22-9-6-17(7-10-22)23(27)25-14-16-5-8-20(25)15-24(13-16)21-11-18-3-1-2-4-19(18)12-21/h1-4,6-7,9-10,16,20-21,26H,5,8,11-15H2/t16-,20+/m0/s1. The predicted molar refractivity (Wildman–Crippen MR) is 105 cm³/mol. The van der Waals surface area contributed by atoms with Gasteiger partial charge in [0, 0.05) is 37.3 Å². The zero-order chi connectivity index (χ0) is 18.4. The summed E-state index contributed by atoms with van der Waals surface area (Å²) in [6.45, 7) is 2.95. The molecule has 140 valence electrons. The topological polar surface area (TPSA) is 43.8 Å². The van der Waals surface area contributed by atoms with E-state index in [4.69, 9.17) is 0 Å². The Balaban J connectivity index is 1.33. The summed E-state index contributed by atoms with van der Waals surface area (Å²) in [5, 5.41) is 9.50. The fraction of sp³-hybridized carbons (Fsp3) is 0.435. The first-order valence-electron chi connectivity index (χ1n) is 10.1. The van der Waals surface area contributed by atoms with Gasteiger partial charge in [-0.3, -0.25) is 9.69 Å². The van der Waals surface area contributed by atoms with Crippen molar-refractivity contribution in [1.82, 2.24) is 9.80 Å². The second-order valence-corrected chi connectivity index (χ2v) is 8.39. The van der Waals surface area contributed by atoms with Crippen LogP contribution < -0.4 is 0 Å².